The first-order valence-electron chi connectivity index (χ1n) is 6.80. The Labute approximate surface area is 125 Å². The van der Waals surface area contributed by atoms with Crippen molar-refractivity contribution in [2.24, 2.45) is 0 Å². The summed E-state index contributed by atoms with van der Waals surface area (Å²) in [4.78, 5) is 16.1. The molecule has 2 heterocycles. The van der Waals surface area contributed by atoms with Gasteiger partial charge in [0.1, 0.15) is 17.7 Å². The minimum atomic E-state index is -0.801. The van der Waals surface area contributed by atoms with Crippen LogP contribution in [0.3, 0.4) is 0 Å². The Morgan fingerprint density at radius 1 is 1.18 bits per heavy atom. The Bertz CT molecular complexity index is 680. The molecule has 114 valence electrons. The Morgan fingerprint density at radius 2 is 1.95 bits per heavy atom. The third kappa shape index (κ3) is 3.10. The van der Waals surface area contributed by atoms with Crippen molar-refractivity contribution in [1.29, 1.82) is 0 Å². The molecule has 7 heteroatoms. The first-order valence-corrected chi connectivity index (χ1v) is 6.80. The molecule has 3 N–H and O–H groups in total. The van der Waals surface area contributed by atoms with E-state index in [2.05, 4.69) is 21.2 Å². The summed E-state index contributed by atoms with van der Waals surface area (Å²) in [6.45, 7) is 0. The lowest BCUT2D eigenvalue weighted by atomic mass is 10.0. The van der Waals surface area contributed by atoms with Gasteiger partial charge in [0.2, 0.25) is 5.91 Å². The SMILES string of the molecule is O=C(Nc1ccc(F)cc1F)C1CC(c2ccncc2)NN1. The monoisotopic (exact) mass is 304 g/mol. The fourth-order valence-electron chi connectivity index (χ4n) is 2.35. The van der Waals surface area contributed by atoms with Gasteiger partial charge >= 0.3 is 0 Å². The average molecular weight is 304 g/mol. The third-order valence-corrected chi connectivity index (χ3v) is 3.52. The molecule has 22 heavy (non-hydrogen) atoms. The minimum Gasteiger partial charge on any atom is -0.322 e. The van der Waals surface area contributed by atoms with Crippen molar-refractivity contribution in [1.82, 2.24) is 15.8 Å². The highest BCUT2D eigenvalue weighted by molar-refractivity contribution is 5.95. The van der Waals surface area contributed by atoms with Crippen LogP contribution in [0.4, 0.5) is 14.5 Å². The van der Waals surface area contributed by atoms with Crippen LogP contribution in [-0.2, 0) is 4.79 Å². The predicted octanol–water partition coefficient (Wildman–Crippen LogP) is 1.91. The number of aromatic nitrogens is 1. The highest BCUT2D eigenvalue weighted by Crippen LogP contribution is 2.23. The van der Waals surface area contributed by atoms with Gasteiger partial charge in [-0.3, -0.25) is 9.78 Å². The average Bonchev–Trinajstić information content (AvgIpc) is 3.01. The largest absolute Gasteiger partial charge is 0.322 e. The number of pyridine rings is 1. The molecule has 0 spiro atoms. The molecule has 1 saturated heterocycles. The maximum absolute atomic E-state index is 13.5. The van der Waals surface area contributed by atoms with E-state index in [1.54, 1.807) is 12.4 Å². The Hall–Kier alpha value is -2.38. The predicted molar refractivity (Wildman–Crippen MR) is 76.6 cm³/mol. The van der Waals surface area contributed by atoms with Crippen molar-refractivity contribution >= 4 is 11.6 Å². The molecule has 0 aliphatic carbocycles. The van der Waals surface area contributed by atoms with Crippen molar-refractivity contribution in [3.05, 3.63) is 59.9 Å². The van der Waals surface area contributed by atoms with E-state index in [1.165, 1.54) is 6.07 Å². The zero-order chi connectivity index (χ0) is 15.5. The van der Waals surface area contributed by atoms with Gasteiger partial charge in [-0.1, -0.05) is 0 Å². The summed E-state index contributed by atoms with van der Waals surface area (Å²) < 4.78 is 26.4. The zero-order valence-corrected chi connectivity index (χ0v) is 11.5. The van der Waals surface area contributed by atoms with Gasteiger partial charge in [0.15, 0.2) is 0 Å². The number of hydrazine groups is 1. The minimum absolute atomic E-state index is 0.0307. The van der Waals surface area contributed by atoms with Crippen LogP contribution in [0, 0.1) is 11.6 Å². The third-order valence-electron chi connectivity index (χ3n) is 3.52. The van der Waals surface area contributed by atoms with Crippen LogP contribution in [0.1, 0.15) is 18.0 Å². The van der Waals surface area contributed by atoms with Crippen molar-refractivity contribution in [3.8, 4) is 0 Å². The van der Waals surface area contributed by atoms with Gasteiger partial charge in [0.05, 0.1) is 5.69 Å². The number of rotatable bonds is 3. The van der Waals surface area contributed by atoms with E-state index in [9.17, 15) is 13.6 Å². The van der Waals surface area contributed by atoms with E-state index in [1.807, 2.05) is 12.1 Å². The number of benzene rings is 1. The van der Waals surface area contributed by atoms with Crippen LogP contribution < -0.4 is 16.2 Å². The van der Waals surface area contributed by atoms with E-state index in [-0.39, 0.29) is 17.6 Å². The van der Waals surface area contributed by atoms with Crippen molar-refractivity contribution in [2.75, 3.05) is 5.32 Å². The van der Waals surface area contributed by atoms with E-state index < -0.39 is 17.7 Å². The molecule has 2 unspecified atom stereocenters. The molecule has 1 aliphatic rings. The maximum Gasteiger partial charge on any atom is 0.243 e. The van der Waals surface area contributed by atoms with Crippen LogP contribution in [0.15, 0.2) is 42.7 Å². The standard InChI is InChI=1S/C15H14F2N4O/c16-10-1-2-12(11(17)7-10)19-15(22)14-8-13(20-21-14)9-3-5-18-6-4-9/h1-7,13-14,20-21H,8H2,(H,19,22). The number of nitrogens with zero attached hydrogens (tertiary/aromatic N) is 1. The molecule has 3 rings (SSSR count). The molecule has 2 aromatic rings. The first kappa shape index (κ1) is 14.6. The number of carbonyl (C=O) groups excluding carboxylic acids is 1. The molecular weight excluding hydrogens is 290 g/mol. The lowest BCUT2D eigenvalue weighted by Crippen LogP contribution is -2.39. The lowest BCUT2D eigenvalue weighted by molar-refractivity contribution is -0.117. The van der Waals surface area contributed by atoms with Crippen LogP contribution in [0.2, 0.25) is 0 Å². The highest BCUT2D eigenvalue weighted by Gasteiger charge is 2.30. The fraction of sp³-hybridized carbons (Fsp3) is 0.200. The number of hydrogen-bond donors (Lipinski definition) is 3. The van der Waals surface area contributed by atoms with Crippen LogP contribution >= 0.6 is 0 Å². The Kier molecular flexibility index (Phi) is 4.08. The molecule has 2 atom stereocenters. The van der Waals surface area contributed by atoms with E-state index in [0.29, 0.717) is 6.42 Å². The second-order valence-corrected chi connectivity index (χ2v) is 5.02. The highest BCUT2D eigenvalue weighted by atomic mass is 19.1. The van der Waals surface area contributed by atoms with Gasteiger partial charge in [-0.05, 0) is 36.2 Å². The Balaban J connectivity index is 1.64. The molecule has 1 aromatic heterocycles. The summed E-state index contributed by atoms with van der Waals surface area (Å²) in [6.07, 6.45) is 3.87. The molecule has 0 bridgehead atoms. The van der Waals surface area contributed by atoms with Crippen LogP contribution in [0.25, 0.3) is 0 Å². The number of nitrogens with one attached hydrogen (secondary N) is 3. The molecule has 5 nitrogen and oxygen atoms in total. The zero-order valence-electron chi connectivity index (χ0n) is 11.5. The second-order valence-electron chi connectivity index (χ2n) is 5.02. The molecule has 0 saturated carbocycles. The molecular formula is C15H14F2N4O. The second kappa shape index (κ2) is 6.17. The number of hydrogen-bond acceptors (Lipinski definition) is 4. The molecule has 1 aliphatic heterocycles. The first-order chi connectivity index (χ1) is 10.6. The number of carbonyl (C=O) groups is 1. The van der Waals surface area contributed by atoms with Gasteiger partial charge in [-0.25, -0.2) is 19.6 Å². The Morgan fingerprint density at radius 3 is 2.68 bits per heavy atom. The van der Waals surface area contributed by atoms with Crippen LogP contribution in [-0.4, -0.2) is 16.9 Å². The quantitative estimate of drug-likeness (QED) is 0.810. The lowest BCUT2D eigenvalue weighted by Gasteiger charge is -2.11. The summed E-state index contributed by atoms with van der Waals surface area (Å²) in [5, 5.41) is 2.46. The molecule has 1 aromatic carbocycles. The van der Waals surface area contributed by atoms with E-state index in [0.717, 1.165) is 17.7 Å². The maximum atomic E-state index is 13.5. The topological polar surface area (TPSA) is 66.0 Å². The number of halogens is 2. The van der Waals surface area contributed by atoms with Crippen molar-refractivity contribution in [2.45, 2.75) is 18.5 Å². The van der Waals surface area contributed by atoms with E-state index in [4.69, 9.17) is 0 Å². The molecule has 1 amide bonds. The summed E-state index contributed by atoms with van der Waals surface area (Å²) in [7, 11) is 0. The summed E-state index contributed by atoms with van der Waals surface area (Å²) >= 11 is 0. The smallest absolute Gasteiger partial charge is 0.243 e. The van der Waals surface area contributed by atoms with Gasteiger partial charge in [0.25, 0.3) is 0 Å². The summed E-state index contributed by atoms with van der Waals surface area (Å²) in [5.74, 6) is -1.87. The normalized spacial score (nSPS) is 20.8. The van der Waals surface area contributed by atoms with E-state index >= 15 is 0 Å². The number of anilines is 1. The van der Waals surface area contributed by atoms with Gasteiger partial charge in [-0.2, -0.15) is 0 Å². The number of amides is 1. The van der Waals surface area contributed by atoms with Crippen LogP contribution in [0.5, 0.6) is 0 Å². The summed E-state index contributed by atoms with van der Waals surface area (Å²) in [6, 6.07) is 6.21. The van der Waals surface area contributed by atoms with Crippen molar-refractivity contribution < 1.29 is 13.6 Å². The fourth-order valence-corrected chi connectivity index (χ4v) is 2.35. The van der Waals surface area contributed by atoms with Crippen molar-refractivity contribution in [3.63, 3.8) is 0 Å². The summed E-state index contributed by atoms with van der Waals surface area (Å²) in [5.41, 5.74) is 6.86. The van der Waals surface area contributed by atoms with Gasteiger partial charge in [0, 0.05) is 24.5 Å². The molecule has 1 fully saturated rings. The van der Waals surface area contributed by atoms with Gasteiger partial charge < -0.3 is 5.32 Å². The van der Waals surface area contributed by atoms with Gasteiger partial charge in [-0.15, -0.1) is 0 Å². The molecule has 0 radical (unpaired) electrons.